The first-order valence-electron chi connectivity index (χ1n) is 5.89. The highest BCUT2D eigenvalue weighted by molar-refractivity contribution is 5.08. The van der Waals surface area contributed by atoms with Crippen molar-refractivity contribution in [2.24, 2.45) is 0 Å². The van der Waals surface area contributed by atoms with E-state index in [0.29, 0.717) is 12.7 Å². The quantitative estimate of drug-likeness (QED) is 0.755. The van der Waals surface area contributed by atoms with Crippen molar-refractivity contribution in [3.63, 3.8) is 0 Å². The number of hydrogen-bond donors (Lipinski definition) is 0. The van der Waals surface area contributed by atoms with Gasteiger partial charge in [-0.25, -0.2) is 0 Å². The van der Waals surface area contributed by atoms with Crippen molar-refractivity contribution in [2.75, 3.05) is 0 Å². The third kappa shape index (κ3) is 3.31. The van der Waals surface area contributed by atoms with Gasteiger partial charge in [-0.05, 0) is 31.9 Å². The van der Waals surface area contributed by atoms with Crippen LogP contribution in [0.25, 0.3) is 0 Å². The number of ether oxygens (including phenoxy) is 1. The third-order valence-electron chi connectivity index (χ3n) is 2.97. The summed E-state index contributed by atoms with van der Waals surface area (Å²) < 4.78 is 5.86. The van der Waals surface area contributed by atoms with Crippen molar-refractivity contribution in [2.45, 2.75) is 51.7 Å². The van der Waals surface area contributed by atoms with Crippen molar-refractivity contribution in [3.8, 4) is 0 Å². The summed E-state index contributed by atoms with van der Waals surface area (Å²) in [4.78, 5) is 4.43. The molecule has 1 fully saturated rings. The van der Waals surface area contributed by atoms with Gasteiger partial charge < -0.3 is 4.74 Å². The number of nitrogens with zero attached hydrogens (tertiary/aromatic N) is 1. The van der Waals surface area contributed by atoms with E-state index < -0.39 is 0 Å². The minimum Gasteiger partial charge on any atom is -0.372 e. The van der Waals surface area contributed by atoms with Crippen LogP contribution in [0.1, 0.15) is 43.5 Å². The standard InChI is InChI=1S/C13H19NO/c1-11-6-5-7-12(14-11)10-15-13-8-3-2-4-9-13/h5-7,13H,2-4,8-10H2,1H3. The molecule has 0 saturated heterocycles. The molecule has 1 aliphatic rings. The summed E-state index contributed by atoms with van der Waals surface area (Å²) in [6, 6.07) is 6.10. The number of aryl methyl sites for hydroxylation is 1. The summed E-state index contributed by atoms with van der Waals surface area (Å²) in [5, 5.41) is 0. The zero-order valence-corrected chi connectivity index (χ0v) is 9.41. The van der Waals surface area contributed by atoms with Crippen LogP contribution in [0.4, 0.5) is 0 Å². The van der Waals surface area contributed by atoms with Crippen LogP contribution < -0.4 is 0 Å². The average Bonchev–Trinajstić information content (AvgIpc) is 2.28. The lowest BCUT2D eigenvalue weighted by molar-refractivity contribution is 0.0152. The van der Waals surface area contributed by atoms with Gasteiger partial charge in [0.15, 0.2) is 0 Å². The van der Waals surface area contributed by atoms with E-state index in [1.165, 1.54) is 32.1 Å². The lowest BCUT2D eigenvalue weighted by Crippen LogP contribution is -2.16. The van der Waals surface area contributed by atoms with Crippen LogP contribution in [-0.2, 0) is 11.3 Å². The van der Waals surface area contributed by atoms with Gasteiger partial charge in [-0.3, -0.25) is 4.98 Å². The zero-order chi connectivity index (χ0) is 10.5. The smallest absolute Gasteiger partial charge is 0.0891 e. The Balaban J connectivity index is 1.81. The highest BCUT2D eigenvalue weighted by Gasteiger charge is 2.13. The average molecular weight is 205 g/mol. The zero-order valence-electron chi connectivity index (χ0n) is 9.41. The van der Waals surface area contributed by atoms with Crippen molar-refractivity contribution < 1.29 is 4.74 Å². The summed E-state index contributed by atoms with van der Waals surface area (Å²) in [6.45, 7) is 2.69. The minimum absolute atomic E-state index is 0.473. The minimum atomic E-state index is 0.473. The number of rotatable bonds is 3. The number of aromatic nitrogens is 1. The Bertz CT molecular complexity index is 305. The van der Waals surface area contributed by atoms with Crippen LogP contribution in [0.2, 0.25) is 0 Å². The van der Waals surface area contributed by atoms with Crippen LogP contribution in [0.3, 0.4) is 0 Å². The monoisotopic (exact) mass is 205 g/mol. The predicted molar refractivity (Wildman–Crippen MR) is 60.6 cm³/mol. The summed E-state index contributed by atoms with van der Waals surface area (Å²) >= 11 is 0. The fourth-order valence-corrected chi connectivity index (χ4v) is 2.11. The maximum Gasteiger partial charge on any atom is 0.0891 e. The molecule has 1 heterocycles. The number of hydrogen-bond acceptors (Lipinski definition) is 2. The van der Waals surface area contributed by atoms with Gasteiger partial charge in [-0.1, -0.05) is 25.3 Å². The second-order valence-corrected chi connectivity index (χ2v) is 4.34. The summed E-state index contributed by atoms with van der Waals surface area (Å²) in [5.74, 6) is 0. The highest BCUT2D eigenvalue weighted by Crippen LogP contribution is 2.21. The molecule has 0 atom stereocenters. The van der Waals surface area contributed by atoms with Crippen molar-refractivity contribution in [1.29, 1.82) is 0 Å². The van der Waals surface area contributed by atoms with E-state index in [1.807, 2.05) is 25.1 Å². The van der Waals surface area contributed by atoms with Crippen molar-refractivity contribution in [3.05, 3.63) is 29.6 Å². The van der Waals surface area contributed by atoms with E-state index >= 15 is 0 Å². The predicted octanol–water partition coefficient (Wildman–Crippen LogP) is 3.24. The second kappa shape index (κ2) is 5.26. The fourth-order valence-electron chi connectivity index (χ4n) is 2.11. The van der Waals surface area contributed by atoms with Gasteiger partial charge >= 0.3 is 0 Å². The molecule has 1 aliphatic carbocycles. The van der Waals surface area contributed by atoms with Gasteiger partial charge in [0.1, 0.15) is 0 Å². The van der Waals surface area contributed by atoms with Gasteiger partial charge in [0.05, 0.1) is 18.4 Å². The molecule has 0 N–H and O–H groups in total. The molecule has 0 aliphatic heterocycles. The van der Waals surface area contributed by atoms with Gasteiger partial charge in [0.2, 0.25) is 0 Å². The van der Waals surface area contributed by atoms with E-state index in [9.17, 15) is 0 Å². The molecule has 2 nitrogen and oxygen atoms in total. The lowest BCUT2D eigenvalue weighted by Gasteiger charge is -2.21. The van der Waals surface area contributed by atoms with Crippen molar-refractivity contribution >= 4 is 0 Å². The molecule has 82 valence electrons. The van der Waals surface area contributed by atoms with E-state index in [-0.39, 0.29) is 0 Å². The second-order valence-electron chi connectivity index (χ2n) is 4.34. The van der Waals surface area contributed by atoms with Crippen molar-refractivity contribution in [1.82, 2.24) is 4.98 Å². The SMILES string of the molecule is Cc1cccc(COC2CCCCC2)n1. The Labute approximate surface area is 91.7 Å². The molecule has 0 unspecified atom stereocenters. The fraction of sp³-hybridized carbons (Fsp3) is 0.615. The molecule has 1 aromatic rings. The Morgan fingerprint density at radius 1 is 1.27 bits per heavy atom. The molecule has 0 aromatic carbocycles. The van der Waals surface area contributed by atoms with Crippen LogP contribution in [0, 0.1) is 6.92 Å². The molecule has 0 bridgehead atoms. The molecular formula is C13H19NO. The van der Waals surface area contributed by atoms with Gasteiger partial charge in [-0.2, -0.15) is 0 Å². The number of pyridine rings is 1. The Kier molecular flexibility index (Phi) is 3.73. The normalized spacial score (nSPS) is 17.9. The van der Waals surface area contributed by atoms with Gasteiger partial charge in [0, 0.05) is 5.69 Å². The first-order chi connectivity index (χ1) is 7.34. The molecule has 2 rings (SSSR count). The third-order valence-corrected chi connectivity index (χ3v) is 2.97. The maximum atomic E-state index is 5.86. The Morgan fingerprint density at radius 3 is 2.80 bits per heavy atom. The van der Waals surface area contributed by atoms with Crippen LogP contribution in [-0.4, -0.2) is 11.1 Å². The van der Waals surface area contributed by atoms with Gasteiger partial charge in [-0.15, -0.1) is 0 Å². The van der Waals surface area contributed by atoms with E-state index in [1.54, 1.807) is 0 Å². The molecule has 1 aromatic heterocycles. The van der Waals surface area contributed by atoms with Crippen LogP contribution >= 0.6 is 0 Å². The molecule has 0 spiro atoms. The molecular weight excluding hydrogens is 186 g/mol. The topological polar surface area (TPSA) is 22.1 Å². The van der Waals surface area contributed by atoms with Crippen LogP contribution in [0.15, 0.2) is 18.2 Å². The summed E-state index contributed by atoms with van der Waals surface area (Å²) in [7, 11) is 0. The van der Waals surface area contributed by atoms with E-state index in [4.69, 9.17) is 4.74 Å². The van der Waals surface area contributed by atoms with Crippen LogP contribution in [0.5, 0.6) is 0 Å². The van der Waals surface area contributed by atoms with Gasteiger partial charge in [0.25, 0.3) is 0 Å². The summed E-state index contributed by atoms with van der Waals surface area (Å²) in [6.07, 6.45) is 6.96. The summed E-state index contributed by atoms with van der Waals surface area (Å²) in [5.41, 5.74) is 2.13. The first kappa shape index (κ1) is 10.6. The highest BCUT2D eigenvalue weighted by atomic mass is 16.5. The lowest BCUT2D eigenvalue weighted by atomic mass is 9.98. The molecule has 1 saturated carbocycles. The molecule has 0 radical (unpaired) electrons. The Hall–Kier alpha value is -0.890. The van der Waals surface area contributed by atoms with E-state index in [2.05, 4.69) is 4.98 Å². The molecule has 15 heavy (non-hydrogen) atoms. The molecule has 0 amide bonds. The van der Waals surface area contributed by atoms with E-state index in [0.717, 1.165) is 11.4 Å². The Morgan fingerprint density at radius 2 is 2.07 bits per heavy atom. The first-order valence-corrected chi connectivity index (χ1v) is 5.89. The maximum absolute atomic E-state index is 5.86. The molecule has 2 heteroatoms. The largest absolute Gasteiger partial charge is 0.372 e.